The summed E-state index contributed by atoms with van der Waals surface area (Å²) >= 11 is 6.10. The highest BCUT2D eigenvalue weighted by atomic mass is 35.5. The van der Waals surface area contributed by atoms with E-state index in [1.54, 1.807) is 24.3 Å². The molecule has 0 heterocycles. The molecule has 0 saturated heterocycles. The summed E-state index contributed by atoms with van der Waals surface area (Å²) in [7, 11) is -3.66. The van der Waals surface area contributed by atoms with Gasteiger partial charge in [0, 0.05) is 0 Å². The number of aryl methyl sites for hydroxylation is 2. The van der Waals surface area contributed by atoms with Crippen LogP contribution in [0.1, 0.15) is 29.7 Å². The van der Waals surface area contributed by atoms with Gasteiger partial charge in [0.1, 0.15) is 6.54 Å². The number of anilines is 1. The number of amides is 1. The first-order valence-electron chi connectivity index (χ1n) is 8.18. The molecule has 0 radical (unpaired) electrons. The number of rotatable bonds is 6. The fraction of sp³-hybridized carbons (Fsp3) is 0.316. The Hall–Kier alpha value is -2.05. The van der Waals surface area contributed by atoms with E-state index in [9.17, 15) is 13.2 Å². The van der Waals surface area contributed by atoms with Crippen molar-refractivity contribution in [2.45, 2.75) is 26.8 Å². The Morgan fingerprint density at radius 1 is 1.15 bits per heavy atom. The second kappa shape index (κ2) is 8.10. The zero-order chi connectivity index (χ0) is 19.5. The summed E-state index contributed by atoms with van der Waals surface area (Å²) in [5.41, 5.74) is 3.56. The Kier molecular flexibility index (Phi) is 6.31. The van der Waals surface area contributed by atoms with Crippen LogP contribution < -0.4 is 9.62 Å². The van der Waals surface area contributed by atoms with E-state index < -0.39 is 15.9 Å². The summed E-state index contributed by atoms with van der Waals surface area (Å²) in [5, 5.41) is 3.12. The van der Waals surface area contributed by atoms with Gasteiger partial charge in [0.2, 0.25) is 15.9 Å². The molecule has 2 rings (SSSR count). The van der Waals surface area contributed by atoms with Gasteiger partial charge in [-0.25, -0.2) is 8.42 Å². The lowest BCUT2D eigenvalue weighted by atomic mass is 10.0. The third-order valence-corrected chi connectivity index (χ3v) is 5.66. The van der Waals surface area contributed by atoms with Crippen LogP contribution >= 0.6 is 11.6 Å². The Morgan fingerprint density at radius 3 is 2.38 bits per heavy atom. The van der Waals surface area contributed by atoms with Crippen LogP contribution in [0.15, 0.2) is 42.5 Å². The van der Waals surface area contributed by atoms with Gasteiger partial charge in [-0.2, -0.15) is 0 Å². The van der Waals surface area contributed by atoms with E-state index >= 15 is 0 Å². The largest absolute Gasteiger partial charge is 0.348 e. The third kappa shape index (κ3) is 4.99. The van der Waals surface area contributed by atoms with Crippen molar-refractivity contribution in [1.82, 2.24) is 5.32 Å². The molecule has 26 heavy (non-hydrogen) atoms. The predicted molar refractivity (Wildman–Crippen MR) is 106 cm³/mol. The Morgan fingerprint density at radius 2 is 1.81 bits per heavy atom. The van der Waals surface area contributed by atoms with E-state index in [4.69, 9.17) is 11.6 Å². The molecule has 1 atom stereocenters. The topological polar surface area (TPSA) is 66.5 Å². The number of carbonyl (C=O) groups is 1. The van der Waals surface area contributed by atoms with Crippen molar-refractivity contribution >= 4 is 33.2 Å². The maximum Gasteiger partial charge on any atom is 0.241 e. The van der Waals surface area contributed by atoms with E-state index in [0.29, 0.717) is 0 Å². The lowest BCUT2D eigenvalue weighted by Crippen LogP contribution is -2.41. The molecule has 0 aliphatic carbocycles. The lowest BCUT2D eigenvalue weighted by molar-refractivity contribution is -0.120. The van der Waals surface area contributed by atoms with Gasteiger partial charge in [-0.15, -0.1) is 0 Å². The smallest absolute Gasteiger partial charge is 0.241 e. The molecule has 0 bridgehead atoms. The van der Waals surface area contributed by atoms with Crippen molar-refractivity contribution in [3.8, 4) is 0 Å². The van der Waals surface area contributed by atoms with Crippen LogP contribution in [0.3, 0.4) is 0 Å². The van der Waals surface area contributed by atoms with Crippen LogP contribution in [0, 0.1) is 13.8 Å². The molecule has 5 nitrogen and oxygen atoms in total. The summed E-state index contributed by atoms with van der Waals surface area (Å²) in [6.45, 7) is 5.56. The first-order chi connectivity index (χ1) is 12.1. The van der Waals surface area contributed by atoms with Gasteiger partial charge in [-0.1, -0.05) is 41.9 Å². The van der Waals surface area contributed by atoms with Crippen molar-refractivity contribution < 1.29 is 13.2 Å². The first kappa shape index (κ1) is 20.3. The monoisotopic (exact) mass is 394 g/mol. The second-order valence-electron chi connectivity index (χ2n) is 6.35. The van der Waals surface area contributed by atoms with Gasteiger partial charge in [0.05, 0.1) is 23.0 Å². The van der Waals surface area contributed by atoms with Crippen molar-refractivity contribution in [3.05, 3.63) is 64.2 Å². The first-order valence-corrected chi connectivity index (χ1v) is 10.4. The molecule has 0 saturated carbocycles. The number of hydrogen-bond donors (Lipinski definition) is 1. The predicted octanol–water partition coefficient (Wildman–Crippen LogP) is 3.60. The maximum atomic E-state index is 12.5. The van der Waals surface area contributed by atoms with Crippen LogP contribution in [-0.2, 0) is 14.8 Å². The van der Waals surface area contributed by atoms with Gasteiger partial charge in [-0.05, 0) is 49.6 Å². The lowest BCUT2D eigenvalue weighted by Gasteiger charge is -2.24. The molecular weight excluding hydrogens is 372 g/mol. The fourth-order valence-electron chi connectivity index (χ4n) is 2.57. The molecular formula is C19H23ClN2O3S. The average molecular weight is 395 g/mol. The Labute approximate surface area is 160 Å². The van der Waals surface area contributed by atoms with Crippen molar-refractivity contribution in [2.75, 3.05) is 17.1 Å². The van der Waals surface area contributed by atoms with Crippen LogP contribution in [0.4, 0.5) is 5.69 Å². The normalized spacial score (nSPS) is 12.5. The Balaban J connectivity index is 2.17. The van der Waals surface area contributed by atoms with Gasteiger partial charge >= 0.3 is 0 Å². The van der Waals surface area contributed by atoms with Crippen LogP contribution in [-0.4, -0.2) is 27.1 Å². The summed E-state index contributed by atoms with van der Waals surface area (Å²) in [4.78, 5) is 12.5. The minimum atomic E-state index is -3.66. The van der Waals surface area contributed by atoms with Gasteiger partial charge in [-0.3, -0.25) is 9.10 Å². The molecule has 7 heteroatoms. The number of nitrogens with one attached hydrogen (secondary N) is 1. The van der Waals surface area contributed by atoms with E-state index in [1.807, 2.05) is 39.0 Å². The van der Waals surface area contributed by atoms with Gasteiger partial charge in [0.15, 0.2) is 0 Å². The van der Waals surface area contributed by atoms with Crippen molar-refractivity contribution in [2.24, 2.45) is 0 Å². The van der Waals surface area contributed by atoms with Crippen molar-refractivity contribution in [1.29, 1.82) is 0 Å². The number of sulfonamides is 1. The molecule has 0 aliphatic heterocycles. The molecule has 0 aromatic heterocycles. The summed E-state index contributed by atoms with van der Waals surface area (Å²) < 4.78 is 25.3. The summed E-state index contributed by atoms with van der Waals surface area (Å²) in [6.07, 6.45) is 1.05. The van der Waals surface area contributed by atoms with Crippen molar-refractivity contribution in [3.63, 3.8) is 0 Å². The molecule has 140 valence electrons. The van der Waals surface area contributed by atoms with Crippen LogP contribution in [0.2, 0.25) is 5.02 Å². The SMILES string of the molecule is Cc1ccc(C(C)NC(=O)CN(c2ccccc2Cl)S(C)(=O)=O)cc1C. The number of benzene rings is 2. The average Bonchev–Trinajstić information content (AvgIpc) is 2.55. The van der Waals surface area contributed by atoms with Gasteiger partial charge < -0.3 is 5.32 Å². The highest BCUT2D eigenvalue weighted by Crippen LogP contribution is 2.27. The minimum absolute atomic E-state index is 0.241. The number of hydrogen-bond acceptors (Lipinski definition) is 3. The quantitative estimate of drug-likeness (QED) is 0.813. The van der Waals surface area contributed by atoms with E-state index in [1.165, 1.54) is 5.56 Å². The second-order valence-corrected chi connectivity index (χ2v) is 8.67. The highest BCUT2D eigenvalue weighted by Gasteiger charge is 2.23. The van der Waals surface area contributed by atoms with Gasteiger partial charge in [0.25, 0.3) is 0 Å². The molecule has 2 aromatic carbocycles. The molecule has 1 amide bonds. The molecule has 0 spiro atoms. The summed E-state index contributed by atoms with van der Waals surface area (Å²) in [5.74, 6) is -0.402. The molecule has 0 fully saturated rings. The van der Waals surface area contributed by atoms with E-state index in [0.717, 1.165) is 21.7 Å². The standard InChI is InChI=1S/C19H23ClN2O3S/c1-13-9-10-16(11-14(13)2)15(3)21-19(23)12-22(26(4,24)25)18-8-6-5-7-17(18)20/h5-11,15H,12H2,1-4H3,(H,21,23). The molecule has 2 aromatic rings. The fourth-order valence-corrected chi connectivity index (χ4v) is 3.73. The number of nitrogens with zero attached hydrogens (tertiary/aromatic N) is 1. The molecule has 0 aliphatic rings. The number of carbonyl (C=O) groups excluding carboxylic acids is 1. The molecule has 1 unspecified atom stereocenters. The minimum Gasteiger partial charge on any atom is -0.348 e. The molecule has 1 N–H and O–H groups in total. The van der Waals surface area contributed by atoms with E-state index in [-0.39, 0.29) is 23.3 Å². The number of para-hydroxylation sites is 1. The van der Waals surface area contributed by atoms with Crippen LogP contribution in [0.25, 0.3) is 0 Å². The number of halogens is 1. The summed E-state index contributed by atoms with van der Waals surface area (Å²) in [6, 6.07) is 12.3. The zero-order valence-electron chi connectivity index (χ0n) is 15.3. The zero-order valence-corrected chi connectivity index (χ0v) is 16.9. The highest BCUT2D eigenvalue weighted by molar-refractivity contribution is 7.92. The van der Waals surface area contributed by atoms with Crippen LogP contribution in [0.5, 0.6) is 0 Å². The third-order valence-electron chi connectivity index (χ3n) is 4.22. The Bertz CT molecular complexity index is 913. The van der Waals surface area contributed by atoms with E-state index in [2.05, 4.69) is 5.32 Å². The maximum absolute atomic E-state index is 12.5.